The summed E-state index contributed by atoms with van der Waals surface area (Å²) in [5, 5.41) is 6.28. The first-order valence-electron chi connectivity index (χ1n) is 10.1. The molecule has 0 saturated heterocycles. The van der Waals surface area contributed by atoms with Gasteiger partial charge in [-0.05, 0) is 38.7 Å². The average molecular weight is 403 g/mol. The predicted molar refractivity (Wildman–Crippen MR) is 117 cm³/mol. The van der Waals surface area contributed by atoms with Gasteiger partial charge >= 0.3 is 0 Å². The quantitative estimate of drug-likeness (QED) is 0.377. The molecule has 160 valence electrons. The normalized spacial score (nSPS) is 14.4. The molecule has 0 aromatic heterocycles. The van der Waals surface area contributed by atoms with Gasteiger partial charge in [-0.1, -0.05) is 24.3 Å². The number of guanidine groups is 1. The van der Waals surface area contributed by atoms with Crippen LogP contribution in [0.15, 0.2) is 35.3 Å². The minimum atomic E-state index is -0.0264. The highest BCUT2D eigenvalue weighted by Gasteiger charge is 2.20. The standard InChI is InChI=1S/C22H34N4O3/c1-16(2)13-23-22(25-15-20(27)26(3)4)24-14-17-9-8-12-19(28-5)21(17)29-18-10-6-7-11-18/h8-9,12,18H,1,6-7,10-11,13-15H2,2-5H3,(H2,23,24,25). The van der Waals surface area contributed by atoms with Gasteiger partial charge in [-0.2, -0.15) is 0 Å². The van der Waals surface area contributed by atoms with E-state index in [-0.39, 0.29) is 18.6 Å². The van der Waals surface area contributed by atoms with E-state index in [0.717, 1.165) is 35.5 Å². The highest BCUT2D eigenvalue weighted by molar-refractivity contribution is 5.86. The monoisotopic (exact) mass is 402 g/mol. The molecule has 1 aromatic rings. The zero-order valence-electron chi connectivity index (χ0n) is 18.1. The number of carbonyl (C=O) groups excluding carboxylic acids is 1. The Morgan fingerprint density at radius 2 is 1.93 bits per heavy atom. The van der Waals surface area contributed by atoms with Crippen LogP contribution >= 0.6 is 0 Å². The van der Waals surface area contributed by atoms with Crippen molar-refractivity contribution in [1.29, 1.82) is 0 Å². The number of aliphatic imine (C=N–C) groups is 1. The molecule has 1 saturated carbocycles. The second-order valence-electron chi connectivity index (χ2n) is 7.59. The van der Waals surface area contributed by atoms with Crippen LogP contribution in [0.3, 0.4) is 0 Å². The van der Waals surface area contributed by atoms with Gasteiger partial charge in [0.25, 0.3) is 0 Å². The van der Waals surface area contributed by atoms with Crippen LogP contribution in [-0.4, -0.2) is 57.2 Å². The fourth-order valence-corrected chi connectivity index (χ4v) is 3.04. The Morgan fingerprint density at radius 3 is 2.55 bits per heavy atom. The predicted octanol–water partition coefficient (Wildman–Crippen LogP) is 2.72. The van der Waals surface area contributed by atoms with Crippen LogP contribution < -0.4 is 20.1 Å². The van der Waals surface area contributed by atoms with Crippen molar-refractivity contribution in [3.63, 3.8) is 0 Å². The number of hydrogen-bond acceptors (Lipinski definition) is 4. The lowest BCUT2D eigenvalue weighted by Crippen LogP contribution is -2.43. The van der Waals surface area contributed by atoms with E-state index in [1.807, 2.05) is 25.1 Å². The van der Waals surface area contributed by atoms with Gasteiger partial charge in [0, 0.05) is 26.2 Å². The van der Waals surface area contributed by atoms with Gasteiger partial charge in [0.2, 0.25) is 5.91 Å². The van der Waals surface area contributed by atoms with Crippen LogP contribution in [0.5, 0.6) is 11.5 Å². The summed E-state index contributed by atoms with van der Waals surface area (Å²) in [6.07, 6.45) is 4.77. The largest absolute Gasteiger partial charge is 0.493 e. The minimum absolute atomic E-state index is 0.0264. The molecule has 1 aromatic carbocycles. The molecular formula is C22H34N4O3. The zero-order valence-corrected chi connectivity index (χ0v) is 18.1. The summed E-state index contributed by atoms with van der Waals surface area (Å²) in [7, 11) is 5.11. The number of hydrogen-bond donors (Lipinski definition) is 2. The Bertz CT molecular complexity index is 725. The van der Waals surface area contributed by atoms with E-state index in [1.165, 1.54) is 12.8 Å². The smallest absolute Gasteiger partial charge is 0.241 e. The lowest BCUT2D eigenvalue weighted by atomic mass is 10.1. The Balaban J connectivity index is 2.16. The van der Waals surface area contributed by atoms with Gasteiger partial charge in [0.15, 0.2) is 17.5 Å². The molecule has 29 heavy (non-hydrogen) atoms. The number of rotatable bonds is 9. The van der Waals surface area contributed by atoms with E-state index in [2.05, 4.69) is 22.2 Å². The van der Waals surface area contributed by atoms with Crippen molar-refractivity contribution >= 4 is 11.9 Å². The number of methoxy groups -OCH3 is 1. The summed E-state index contributed by atoms with van der Waals surface area (Å²) in [6, 6.07) is 5.85. The minimum Gasteiger partial charge on any atom is -0.493 e. The lowest BCUT2D eigenvalue weighted by molar-refractivity contribution is -0.127. The summed E-state index contributed by atoms with van der Waals surface area (Å²) in [6.45, 7) is 6.99. The van der Waals surface area contributed by atoms with Crippen molar-refractivity contribution in [2.45, 2.75) is 45.3 Å². The molecular weight excluding hydrogens is 368 g/mol. The molecule has 2 N–H and O–H groups in total. The summed E-state index contributed by atoms with van der Waals surface area (Å²) >= 11 is 0. The second kappa shape index (κ2) is 11.3. The topological polar surface area (TPSA) is 75.2 Å². The molecule has 0 aliphatic heterocycles. The number of benzene rings is 1. The summed E-state index contributed by atoms with van der Waals surface area (Å²) in [5.41, 5.74) is 1.93. The fraction of sp³-hybridized carbons (Fsp3) is 0.545. The van der Waals surface area contributed by atoms with Gasteiger partial charge in [0.1, 0.15) is 0 Å². The second-order valence-corrected chi connectivity index (χ2v) is 7.59. The highest BCUT2D eigenvalue weighted by atomic mass is 16.5. The molecule has 0 spiro atoms. The molecule has 0 atom stereocenters. The van der Waals surface area contributed by atoms with E-state index in [9.17, 15) is 4.79 Å². The van der Waals surface area contributed by atoms with Crippen LogP contribution in [0.4, 0.5) is 0 Å². The third-order valence-corrected chi connectivity index (χ3v) is 4.74. The van der Waals surface area contributed by atoms with Crippen LogP contribution in [-0.2, 0) is 11.3 Å². The number of amides is 1. The molecule has 0 radical (unpaired) electrons. The lowest BCUT2D eigenvalue weighted by Gasteiger charge is -2.19. The Labute approximate surface area is 174 Å². The fourth-order valence-electron chi connectivity index (χ4n) is 3.04. The van der Waals surface area contributed by atoms with Gasteiger partial charge in [0.05, 0.1) is 26.3 Å². The maximum Gasteiger partial charge on any atom is 0.241 e. The van der Waals surface area contributed by atoms with Crippen molar-refractivity contribution < 1.29 is 14.3 Å². The third-order valence-electron chi connectivity index (χ3n) is 4.74. The van der Waals surface area contributed by atoms with Gasteiger partial charge in [-0.3, -0.25) is 4.79 Å². The molecule has 7 nitrogen and oxygen atoms in total. The highest BCUT2D eigenvalue weighted by Crippen LogP contribution is 2.35. The van der Waals surface area contributed by atoms with Crippen LogP contribution in [0.2, 0.25) is 0 Å². The van der Waals surface area contributed by atoms with E-state index >= 15 is 0 Å². The summed E-state index contributed by atoms with van der Waals surface area (Å²) in [5.74, 6) is 2.00. The third kappa shape index (κ3) is 7.33. The van der Waals surface area contributed by atoms with Crippen molar-refractivity contribution in [2.24, 2.45) is 4.99 Å². The van der Waals surface area contributed by atoms with Crippen LogP contribution in [0, 0.1) is 0 Å². The number of ether oxygens (including phenoxy) is 2. The molecule has 2 rings (SSSR count). The van der Waals surface area contributed by atoms with E-state index in [0.29, 0.717) is 19.0 Å². The molecule has 0 bridgehead atoms. The molecule has 1 aliphatic carbocycles. The van der Waals surface area contributed by atoms with Gasteiger partial charge < -0.3 is 25.0 Å². The molecule has 0 heterocycles. The van der Waals surface area contributed by atoms with Crippen molar-refractivity contribution in [3.8, 4) is 11.5 Å². The van der Waals surface area contributed by atoms with E-state index in [1.54, 1.807) is 26.1 Å². The van der Waals surface area contributed by atoms with Crippen molar-refractivity contribution in [2.75, 3.05) is 34.3 Å². The van der Waals surface area contributed by atoms with Crippen LogP contribution in [0.1, 0.15) is 38.2 Å². The van der Waals surface area contributed by atoms with E-state index < -0.39 is 0 Å². The molecule has 1 aliphatic rings. The maximum absolute atomic E-state index is 11.9. The number of nitrogens with one attached hydrogen (secondary N) is 2. The molecule has 0 unspecified atom stereocenters. The first kappa shape index (κ1) is 22.6. The van der Waals surface area contributed by atoms with Crippen molar-refractivity contribution in [1.82, 2.24) is 15.5 Å². The Morgan fingerprint density at radius 1 is 1.24 bits per heavy atom. The zero-order chi connectivity index (χ0) is 21.2. The molecule has 1 amide bonds. The number of para-hydroxylation sites is 1. The number of likely N-dealkylation sites (N-methyl/N-ethyl adjacent to an activating group) is 1. The summed E-state index contributed by atoms with van der Waals surface area (Å²) in [4.78, 5) is 18.1. The average Bonchev–Trinajstić information content (AvgIpc) is 3.20. The molecule has 7 heteroatoms. The molecule has 1 fully saturated rings. The van der Waals surface area contributed by atoms with Gasteiger partial charge in [-0.15, -0.1) is 0 Å². The number of nitrogens with zero attached hydrogens (tertiary/aromatic N) is 2. The first-order valence-corrected chi connectivity index (χ1v) is 10.1. The van der Waals surface area contributed by atoms with Crippen LogP contribution in [0.25, 0.3) is 0 Å². The van der Waals surface area contributed by atoms with E-state index in [4.69, 9.17) is 9.47 Å². The maximum atomic E-state index is 11.9. The first-order chi connectivity index (χ1) is 13.9. The summed E-state index contributed by atoms with van der Waals surface area (Å²) < 4.78 is 11.8. The van der Waals surface area contributed by atoms with Gasteiger partial charge in [-0.25, -0.2) is 4.99 Å². The van der Waals surface area contributed by atoms with Crippen molar-refractivity contribution in [3.05, 3.63) is 35.9 Å². The number of carbonyl (C=O) groups is 1. The SMILES string of the molecule is C=C(C)CNC(=NCc1cccc(OC)c1OC1CCCC1)NCC(=O)N(C)C. The Kier molecular flexibility index (Phi) is 8.83. The Hall–Kier alpha value is -2.70.